The van der Waals surface area contributed by atoms with Crippen molar-refractivity contribution < 1.29 is 8.42 Å². The second-order valence-corrected chi connectivity index (χ2v) is 8.43. The minimum atomic E-state index is -3.55. The molecule has 1 aliphatic heterocycles. The number of benzene rings is 1. The first kappa shape index (κ1) is 15.7. The molecule has 7 nitrogen and oxygen atoms in total. The molecule has 24 heavy (non-hydrogen) atoms. The van der Waals surface area contributed by atoms with Crippen LogP contribution in [-0.4, -0.2) is 44.1 Å². The molecular formula is C15H17N5O2S2. The van der Waals surface area contributed by atoms with Crippen LogP contribution in [0.4, 0.5) is 0 Å². The lowest BCUT2D eigenvalue weighted by molar-refractivity contribution is 0.314. The number of hydrogen-bond donors (Lipinski definition) is 0. The van der Waals surface area contributed by atoms with Crippen LogP contribution in [-0.2, 0) is 17.1 Å². The number of aryl methyl sites for hydroxylation is 1. The van der Waals surface area contributed by atoms with Crippen LogP contribution in [0.25, 0.3) is 11.0 Å². The van der Waals surface area contributed by atoms with Gasteiger partial charge in [-0.25, -0.2) is 13.4 Å². The van der Waals surface area contributed by atoms with Gasteiger partial charge in [-0.05, 0) is 25.0 Å². The van der Waals surface area contributed by atoms with Crippen molar-refractivity contribution in [3.63, 3.8) is 0 Å². The standard InChI is InChI=1S/C15H17N5O2S2/c1-19-10-16-9-13(19)11-5-7-20(8-6-11)24(21,22)14-4-2-3-12-15(14)18-23-17-12/h2-4,9-11H,5-8H2,1H3. The summed E-state index contributed by atoms with van der Waals surface area (Å²) in [4.78, 5) is 4.41. The fraction of sp³-hybridized carbons (Fsp3) is 0.400. The normalized spacial score (nSPS) is 17.5. The summed E-state index contributed by atoms with van der Waals surface area (Å²) in [5, 5.41) is 0. The summed E-state index contributed by atoms with van der Waals surface area (Å²) in [5.74, 6) is 0.348. The van der Waals surface area contributed by atoms with Gasteiger partial charge in [-0.3, -0.25) is 0 Å². The molecule has 0 atom stereocenters. The van der Waals surface area contributed by atoms with E-state index in [0.29, 0.717) is 30.0 Å². The number of hydrogen-bond acceptors (Lipinski definition) is 6. The molecule has 4 rings (SSSR count). The fourth-order valence-electron chi connectivity index (χ4n) is 3.28. The predicted octanol–water partition coefficient (Wildman–Crippen LogP) is 1.99. The topological polar surface area (TPSA) is 81.0 Å². The molecule has 3 heterocycles. The summed E-state index contributed by atoms with van der Waals surface area (Å²) in [6.07, 6.45) is 5.25. The Labute approximate surface area is 144 Å². The number of fused-ring (bicyclic) bond motifs is 1. The summed E-state index contributed by atoms with van der Waals surface area (Å²) in [6, 6.07) is 5.12. The van der Waals surface area contributed by atoms with Crippen LogP contribution in [0.15, 0.2) is 35.6 Å². The van der Waals surface area contributed by atoms with Gasteiger partial charge in [0.15, 0.2) is 0 Å². The Balaban J connectivity index is 1.59. The minimum absolute atomic E-state index is 0.257. The number of nitrogens with zero attached hydrogens (tertiary/aromatic N) is 5. The molecule has 126 valence electrons. The maximum atomic E-state index is 13.0. The lowest BCUT2D eigenvalue weighted by atomic mass is 9.95. The van der Waals surface area contributed by atoms with Crippen molar-refractivity contribution >= 4 is 32.8 Å². The van der Waals surface area contributed by atoms with E-state index >= 15 is 0 Å². The quantitative estimate of drug-likeness (QED) is 0.711. The number of imidazole rings is 1. The van der Waals surface area contributed by atoms with E-state index in [2.05, 4.69) is 13.7 Å². The van der Waals surface area contributed by atoms with Crippen LogP contribution < -0.4 is 0 Å². The number of piperidine rings is 1. The van der Waals surface area contributed by atoms with Crippen LogP contribution in [0.1, 0.15) is 24.5 Å². The van der Waals surface area contributed by atoms with Crippen molar-refractivity contribution in [1.29, 1.82) is 0 Å². The predicted molar refractivity (Wildman–Crippen MR) is 91.4 cm³/mol. The van der Waals surface area contributed by atoms with Gasteiger partial charge < -0.3 is 4.57 Å². The summed E-state index contributed by atoms with van der Waals surface area (Å²) >= 11 is 1.04. The Hall–Kier alpha value is -1.84. The number of aromatic nitrogens is 4. The van der Waals surface area contributed by atoms with Gasteiger partial charge in [-0.15, -0.1) is 0 Å². The van der Waals surface area contributed by atoms with Gasteiger partial charge in [-0.2, -0.15) is 13.1 Å². The van der Waals surface area contributed by atoms with E-state index in [1.165, 1.54) is 0 Å². The minimum Gasteiger partial charge on any atom is -0.337 e. The van der Waals surface area contributed by atoms with Gasteiger partial charge in [0.25, 0.3) is 0 Å². The molecule has 0 N–H and O–H groups in total. The third-order valence-corrected chi connectivity index (χ3v) is 7.07. The van der Waals surface area contributed by atoms with Gasteiger partial charge in [0.1, 0.15) is 15.9 Å². The van der Waals surface area contributed by atoms with Gasteiger partial charge in [-0.1, -0.05) is 6.07 Å². The Bertz CT molecular complexity index is 971. The monoisotopic (exact) mass is 363 g/mol. The first-order valence-corrected chi connectivity index (χ1v) is 9.92. The van der Waals surface area contributed by atoms with Crippen molar-refractivity contribution in [2.75, 3.05) is 13.1 Å². The van der Waals surface area contributed by atoms with Crippen molar-refractivity contribution in [1.82, 2.24) is 22.6 Å². The molecule has 1 aromatic carbocycles. The van der Waals surface area contributed by atoms with E-state index in [0.717, 1.165) is 30.3 Å². The van der Waals surface area contributed by atoms with Gasteiger partial charge in [0.2, 0.25) is 10.0 Å². The van der Waals surface area contributed by atoms with Gasteiger partial charge in [0, 0.05) is 37.9 Å². The summed E-state index contributed by atoms with van der Waals surface area (Å²) in [6.45, 7) is 1.01. The largest absolute Gasteiger partial charge is 0.337 e. The van der Waals surface area contributed by atoms with E-state index in [1.807, 2.05) is 17.8 Å². The Morgan fingerprint density at radius 2 is 2.00 bits per heavy atom. The summed E-state index contributed by atoms with van der Waals surface area (Å²) < 4.78 is 37.9. The molecule has 1 fully saturated rings. The highest BCUT2D eigenvalue weighted by molar-refractivity contribution is 7.89. The van der Waals surface area contributed by atoms with E-state index in [1.54, 1.807) is 28.8 Å². The second-order valence-electron chi connectivity index (χ2n) is 6.00. The Morgan fingerprint density at radius 3 is 2.71 bits per heavy atom. The van der Waals surface area contributed by atoms with Crippen LogP contribution in [0.3, 0.4) is 0 Å². The van der Waals surface area contributed by atoms with E-state index in [4.69, 9.17) is 0 Å². The zero-order valence-corrected chi connectivity index (χ0v) is 14.8. The smallest absolute Gasteiger partial charge is 0.245 e. The molecule has 1 saturated heterocycles. The van der Waals surface area contributed by atoms with Crippen molar-refractivity contribution in [3.8, 4) is 0 Å². The zero-order chi connectivity index (χ0) is 16.7. The highest BCUT2D eigenvalue weighted by Crippen LogP contribution is 2.31. The molecule has 1 aliphatic rings. The molecule has 0 unspecified atom stereocenters. The third-order valence-electron chi connectivity index (χ3n) is 4.59. The van der Waals surface area contributed by atoms with E-state index < -0.39 is 10.0 Å². The Kier molecular flexibility index (Phi) is 3.86. The maximum absolute atomic E-state index is 13.0. The highest BCUT2D eigenvalue weighted by atomic mass is 32.2. The molecule has 0 spiro atoms. The van der Waals surface area contributed by atoms with Crippen LogP contribution in [0.2, 0.25) is 0 Å². The van der Waals surface area contributed by atoms with Crippen LogP contribution in [0.5, 0.6) is 0 Å². The molecule has 0 radical (unpaired) electrons. The first-order chi connectivity index (χ1) is 11.6. The molecule has 0 aliphatic carbocycles. The van der Waals surface area contributed by atoms with E-state index in [-0.39, 0.29) is 4.90 Å². The van der Waals surface area contributed by atoms with Crippen molar-refractivity contribution in [2.45, 2.75) is 23.7 Å². The average molecular weight is 363 g/mol. The Morgan fingerprint density at radius 1 is 1.21 bits per heavy atom. The maximum Gasteiger partial charge on any atom is 0.245 e. The van der Waals surface area contributed by atoms with Gasteiger partial charge in [0.05, 0.1) is 18.1 Å². The summed E-state index contributed by atoms with van der Waals surface area (Å²) in [5.41, 5.74) is 2.26. The van der Waals surface area contributed by atoms with Gasteiger partial charge >= 0.3 is 0 Å². The van der Waals surface area contributed by atoms with Crippen molar-refractivity contribution in [3.05, 3.63) is 36.4 Å². The van der Waals surface area contributed by atoms with Crippen molar-refractivity contribution in [2.24, 2.45) is 7.05 Å². The fourth-order valence-corrected chi connectivity index (χ4v) is 5.50. The molecule has 0 bridgehead atoms. The second kappa shape index (κ2) is 5.91. The average Bonchev–Trinajstić information content (AvgIpc) is 3.23. The molecular weight excluding hydrogens is 346 g/mol. The number of sulfonamides is 1. The molecule has 0 saturated carbocycles. The number of rotatable bonds is 3. The first-order valence-electron chi connectivity index (χ1n) is 7.75. The SMILES string of the molecule is Cn1cncc1C1CCN(S(=O)(=O)c2cccc3nsnc23)CC1. The summed E-state index contributed by atoms with van der Waals surface area (Å²) in [7, 11) is -1.57. The van der Waals surface area contributed by atoms with Crippen LogP contribution in [0, 0.1) is 0 Å². The lowest BCUT2D eigenvalue weighted by Gasteiger charge is -2.31. The highest BCUT2D eigenvalue weighted by Gasteiger charge is 2.32. The molecule has 9 heteroatoms. The lowest BCUT2D eigenvalue weighted by Crippen LogP contribution is -2.38. The van der Waals surface area contributed by atoms with Crippen LogP contribution >= 0.6 is 11.7 Å². The van der Waals surface area contributed by atoms with E-state index in [9.17, 15) is 8.42 Å². The third kappa shape index (κ3) is 2.52. The molecule has 2 aromatic heterocycles. The molecule has 0 amide bonds. The zero-order valence-electron chi connectivity index (χ0n) is 13.2. The molecule has 3 aromatic rings.